The lowest BCUT2D eigenvalue weighted by Crippen LogP contribution is -2.36. The average molecular weight is 300 g/mol. The minimum Gasteiger partial charge on any atom is -0.465 e. The van der Waals surface area contributed by atoms with Crippen molar-refractivity contribution in [3.05, 3.63) is 21.1 Å². The molecular formula is C12H16N2O5S. The van der Waals surface area contributed by atoms with Crippen molar-refractivity contribution in [1.82, 2.24) is 0 Å². The Morgan fingerprint density at radius 1 is 1.45 bits per heavy atom. The molecule has 110 valence electrons. The number of piperidine rings is 1. The summed E-state index contributed by atoms with van der Waals surface area (Å²) in [5.41, 5.74) is -0.0359. The lowest BCUT2D eigenvalue weighted by molar-refractivity contribution is -0.383. The summed E-state index contributed by atoms with van der Waals surface area (Å²) in [5.74, 6) is -0.545. The number of rotatable bonds is 4. The largest absolute Gasteiger partial charge is 0.465 e. The van der Waals surface area contributed by atoms with Gasteiger partial charge in [0.05, 0.1) is 18.1 Å². The third kappa shape index (κ3) is 2.91. The predicted molar refractivity (Wildman–Crippen MR) is 74.6 cm³/mol. The van der Waals surface area contributed by atoms with Gasteiger partial charge < -0.3 is 14.4 Å². The first-order valence-corrected chi connectivity index (χ1v) is 7.02. The van der Waals surface area contributed by atoms with E-state index in [-0.39, 0.29) is 16.7 Å². The summed E-state index contributed by atoms with van der Waals surface area (Å²) in [6.07, 6.45) is 1.84. The second-order valence-electron chi connectivity index (χ2n) is 4.47. The van der Waals surface area contributed by atoms with E-state index in [4.69, 9.17) is 4.74 Å². The molecule has 1 saturated heterocycles. The van der Waals surface area contributed by atoms with Gasteiger partial charge in [-0.1, -0.05) is 0 Å². The smallest absolute Gasteiger partial charge is 0.348 e. The number of methoxy groups -OCH3 is 2. The first kappa shape index (κ1) is 14.7. The van der Waals surface area contributed by atoms with Crippen LogP contribution in [0.3, 0.4) is 0 Å². The summed E-state index contributed by atoms with van der Waals surface area (Å²) in [6.45, 7) is 1.36. The van der Waals surface area contributed by atoms with Gasteiger partial charge in [0.2, 0.25) is 0 Å². The predicted octanol–water partition coefficient (Wildman–Crippen LogP) is 2.06. The summed E-state index contributed by atoms with van der Waals surface area (Å²) in [7, 11) is 2.93. The Bertz CT molecular complexity index is 508. The number of carbonyl (C=O) groups is 1. The Labute approximate surface area is 120 Å². The van der Waals surface area contributed by atoms with E-state index in [0.29, 0.717) is 18.1 Å². The first-order valence-electron chi connectivity index (χ1n) is 6.21. The molecule has 0 spiro atoms. The molecule has 1 fully saturated rings. The number of nitrogens with zero attached hydrogens (tertiary/aromatic N) is 2. The number of ether oxygens (including phenoxy) is 2. The molecule has 0 amide bonds. The Kier molecular flexibility index (Phi) is 4.56. The maximum absolute atomic E-state index is 11.5. The molecule has 8 heteroatoms. The summed E-state index contributed by atoms with van der Waals surface area (Å²) in [4.78, 5) is 24.4. The third-order valence-corrected chi connectivity index (χ3v) is 4.50. The van der Waals surface area contributed by atoms with Crippen molar-refractivity contribution in [2.75, 3.05) is 32.2 Å². The fraction of sp³-hybridized carbons (Fsp3) is 0.583. The SMILES string of the molecule is COC(=O)c1cc([N+](=O)[O-])c(N2CCC(OC)CC2)s1. The average Bonchev–Trinajstić information content (AvgIpc) is 2.92. The fourth-order valence-corrected chi connectivity index (χ4v) is 3.32. The van der Waals surface area contributed by atoms with E-state index in [9.17, 15) is 14.9 Å². The van der Waals surface area contributed by atoms with Crippen molar-refractivity contribution in [2.24, 2.45) is 0 Å². The van der Waals surface area contributed by atoms with Crippen LogP contribution in [0.2, 0.25) is 0 Å². The molecule has 2 heterocycles. The second-order valence-corrected chi connectivity index (χ2v) is 5.50. The van der Waals surface area contributed by atoms with Crippen LogP contribution in [0, 0.1) is 10.1 Å². The van der Waals surface area contributed by atoms with Crippen LogP contribution in [0.5, 0.6) is 0 Å². The van der Waals surface area contributed by atoms with Crippen molar-refractivity contribution in [3.8, 4) is 0 Å². The van der Waals surface area contributed by atoms with Gasteiger partial charge in [-0.2, -0.15) is 0 Å². The van der Waals surface area contributed by atoms with E-state index in [0.717, 1.165) is 24.2 Å². The van der Waals surface area contributed by atoms with Crippen molar-refractivity contribution >= 4 is 28.0 Å². The molecule has 0 N–H and O–H groups in total. The Morgan fingerprint density at radius 3 is 2.60 bits per heavy atom. The highest BCUT2D eigenvalue weighted by Crippen LogP contribution is 2.39. The fourth-order valence-electron chi connectivity index (χ4n) is 2.22. The van der Waals surface area contributed by atoms with Crippen LogP contribution in [-0.2, 0) is 9.47 Å². The van der Waals surface area contributed by atoms with Crippen molar-refractivity contribution < 1.29 is 19.2 Å². The number of anilines is 1. The number of nitro groups is 1. The van der Waals surface area contributed by atoms with Crippen molar-refractivity contribution in [1.29, 1.82) is 0 Å². The molecule has 1 aliphatic heterocycles. The molecule has 0 atom stereocenters. The van der Waals surface area contributed by atoms with Gasteiger partial charge in [-0.3, -0.25) is 10.1 Å². The molecule has 0 saturated carbocycles. The number of hydrogen-bond donors (Lipinski definition) is 0. The van der Waals surface area contributed by atoms with Gasteiger partial charge in [-0.15, -0.1) is 11.3 Å². The number of thiophene rings is 1. The van der Waals surface area contributed by atoms with Crippen LogP contribution in [0.1, 0.15) is 22.5 Å². The summed E-state index contributed by atoms with van der Waals surface area (Å²) >= 11 is 1.10. The van der Waals surface area contributed by atoms with Gasteiger partial charge in [0.25, 0.3) is 0 Å². The van der Waals surface area contributed by atoms with E-state index in [1.165, 1.54) is 13.2 Å². The van der Waals surface area contributed by atoms with Gasteiger partial charge in [0, 0.05) is 26.3 Å². The van der Waals surface area contributed by atoms with Crippen LogP contribution >= 0.6 is 11.3 Å². The van der Waals surface area contributed by atoms with Crippen molar-refractivity contribution in [3.63, 3.8) is 0 Å². The maximum atomic E-state index is 11.5. The van der Waals surface area contributed by atoms with E-state index >= 15 is 0 Å². The molecule has 0 aliphatic carbocycles. The van der Waals surface area contributed by atoms with Crippen LogP contribution < -0.4 is 4.90 Å². The zero-order valence-corrected chi connectivity index (χ0v) is 12.1. The van der Waals surface area contributed by atoms with E-state index in [1.807, 2.05) is 4.90 Å². The summed E-state index contributed by atoms with van der Waals surface area (Å²) in [6, 6.07) is 1.29. The molecule has 0 bridgehead atoms. The summed E-state index contributed by atoms with van der Waals surface area (Å²) < 4.78 is 9.90. The van der Waals surface area contributed by atoms with Crippen molar-refractivity contribution in [2.45, 2.75) is 18.9 Å². The topological polar surface area (TPSA) is 81.9 Å². The Hall–Kier alpha value is -1.67. The lowest BCUT2D eigenvalue weighted by atomic mass is 10.1. The van der Waals surface area contributed by atoms with Gasteiger partial charge in [-0.25, -0.2) is 4.79 Å². The highest BCUT2D eigenvalue weighted by Gasteiger charge is 2.29. The number of esters is 1. The van der Waals surface area contributed by atoms with E-state index in [1.54, 1.807) is 7.11 Å². The first-order chi connectivity index (χ1) is 9.56. The minimum atomic E-state index is -0.545. The minimum absolute atomic E-state index is 0.0359. The van der Waals surface area contributed by atoms with Gasteiger partial charge >= 0.3 is 11.7 Å². The lowest BCUT2D eigenvalue weighted by Gasteiger charge is -2.31. The molecule has 1 aromatic heterocycles. The van der Waals surface area contributed by atoms with Crippen LogP contribution in [0.25, 0.3) is 0 Å². The van der Waals surface area contributed by atoms with E-state index < -0.39 is 10.9 Å². The number of hydrogen-bond acceptors (Lipinski definition) is 7. The maximum Gasteiger partial charge on any atom is 0.348 e. The normalized spacial score (nSPS) is 16.2. The zero-order chi connectivity index (χ0) is 14.7. The Balaban J connectivity index is 2.24. The van der Waals surface area contributed by atoms with Crippen LogP contribution in [0.4, 0.5) is 10.7 Å². The molecule has 0 unspecified atom stereocenters. The Morgan fingerprint density at radius 2 is 2.10 bits per heavy atom. The second kappa shape index (κ2) is 6.19. The quantitative estimate of drug-likeness (QED) is 0.481. The molecule has 0 aromatic carbocycles. The van der Waals surface area contributed by atoms with Gasteiger partial charge in [0.1, 0.15) is 4.88 Å². The molecular weight excluding hydrogens is 284 g/mol. The third-order valence-electron chi connectivity index (χ3n) is 3.34. The summed E-state index contributed by atoms with van der Waals surface area (Å²) in [5, 5.41) is 11.6. The van der Waals surface area contributed by atoms with Gasteiger partial charge in [-0.05, 0) is 12.8 Å². The standard InChI is InChI=1S/C12H16N2O5S/c1-18-8-3-5-13(6-4-8)11-9(14(16)17)7-10(20-11)12(15)19-2/h7-8H,3-6H2,1-2H3. The molecule has 1 aliphatic rings. The molecule has 7 nitrogen and oxygen atoms in total. The molecule has 20 heavy (non-hydrogen) atoms. The van der Waals surface area contributed by atoms with Crippen LogP contribution in [0.15, 0.2) is 6.07 Å². The molecule has 1 aromatic rings. The molecule has 2 rings (SSSR count). The highest BCUT2D eigenvalue weighted by molar-refractivity contribution is 7.18. The number of carbonyl (C=O) groups excluding carboxylic acids is 1. The highest BCUT2D eigenvalue weighted by atomic mass is 32.1. The monoisotopic (exact) mass is 300 g/mol. The zero-order valence-electron chi connectivity index (χ0n) is 11.3. The van der Waals surface area contributed by atoms with Crippen LogP contribution in [-0.4, -0.2) is 44.3 Å². The molecule has 0 radical (unpaired) electrons. The van der Waals surface area contributed by atoms with E-state index in [2.05, 4.69) is 4.74 Å². The van der Waals surface area contributed by atoms with Gasteiger partial charge in [0.15, 0.2) is 5.00 Å².